The zero-order valence-electron chi connectivity index (χ0n) is 23.9. The minimum atomic E-state index is -0.284. The predicted molar refractivity (Wildman–Crippen MR) is 163 cm³/mol. The van der Waals surface area contributed by atoms with E-state index in [4.69, 9.17) is 9.26 Å². The number of aromatic nitrogens is 2. The van der Waals surface area contributed by atoms with Crippen molar-refractivity contribution in [3.63, 3.8) is 0 Å². The van der Waals surface area contributed by atoms with E-state index in [1.54, 1.807) is 0 Å². The van der Waals surface area contributed by atoms with Crippen molar-refractivity contribution >= 4 is 24.0 Å². The fourth-order valence-corrected chi connectivity index (χ4v) is 6.62. The van der Waals surface area contributed by atoms with Gasteiger partial charge in [-0.15, -0.1) is 12.4 Å². The van der Waals surface area contributed by atoms with Gasteiger partial charge < -0.3 is 24.2 Å². The molecule has 4 aromatic rings. The van der Waals surface area contributed by atoms with E-state index in [0.29, 0.717) is 11.4 Å². The van der Waals surface area contributed by atoms with Crippen molar-refractivity contribution in [2.75, 3.05) is 38.2 Å². The lowest BCUT2D eigenvalue weighted by Crippen LogP contribution is -2.42. The van der Waals surface area contributed by atoms with Crippen molar-refractivity contribution in [1.29, 1.82) is 0 Å². The number of hydrogen-bond acceptors (Lipinski definition) is 7. The fraction of sp³-hybridized carbons (Fsp3) is 0.364. The Hall–Kier alpha value is -3.72. The highest BCUT2D eigenvalue weighted by Crippen LogP contribution is 2.48. The second-order valence-corrected chi connectivity index (χ2v) is 11.7. The first-order valence-corrected chi connectivity index (χ1v) is 14.4. The molecule has 0 radical (unpaired) electrons. The lowest BCUT2D eigenvalue weighted by Gasteiger charge is -2.37. The van der Waals surface area contributed by atoms with E-state index in [-0.39, 0.29) is 36.2 Å². The molecule has 3 aromatic carbocycles. The number of anilines is 1. The summed E-state index contributed by atoms with van der Waals surface area (Å²) in [6.45, 7) is 5.35. The topological polar surface area (TPSA) is 91.9 Å². The minimum Gasteiger partial charge on any atom is -0.492 e. The van der Waals surface area contributed by atoms with E-state index in [9.17, 15) is 9.90 Å². The largest absolute Gasteiger partial charge is 0.492 e. The lowest BCUT2D eigenvalue weighted by molar-refractivity contribution is 0.0985. The van der Waals surface area contributed by atoms with Gasteiger partial charge in [-0.1, -0.05) is 29.4 Å². The van der Waals surface area contributed by atoms with Gasteiger partial charge in [0.15, 0.2) is 0 Å². The molecular weight excluding hydrogens is 552 g/mol. The summed E-state index contributed by atoms with van der Waals surface area (Å²) < 4.78 is 11.3. The summed E-state index contributed by atoms with van der Waals surface area (Å²) in [5.41, 5.74) is 8.26. The van der Waals surface area contributed by atoms with Gasteiger partial charge in [0.1, 0.15) is 12.4 Å². The number of nitrogens with zero attached hydrogens (tertiary/aromatic N) is 4. The number of aryl methyl sites for hydroxylation is 2. The fourth-order valence-electron chi connectivity index (χ4n) is 6.62. The molecule has 1 spiro atoms. The second-order valence-electron chi connectivity index (χ2n) is 11.7. The van der Waals surface area contributed by atoms with E-state index in [1.807, 2.05) is 54.3 Å². The number of benzene rings is 3. The molecule has 4 heterocycles. The molecule has 0 unspecified atom stereocenters. The van der Waals surface area contributed by atoms with Crippen LogP contribution in [0.3, 0.4) is 0 Å². The lowest BCUT2D eigenvalue weighted by atomic mass is 9.74. The third-order valence-electron chi connectivity index (χ3n) is 9.09. The van der Waals surface area contributed by atoms with Crippen molar-refractivity contribution < 1.29 is 19.2 Å². The molecule has 218 valence electrons. The molecule has 3 aliphatic heterocycles. The Kier molecular flexibility index (Phi) is 7.55. The molecule has 1 fully saturated rings. The van der Waals surface area contributed by atoms with Crippen molar-refractivity contribution in [1.82, 2.24) is 15.0 Å². The molecule has 1 amide bonds. The van der Waals surface area contributed by atoms with E-state index in [2.05, 4.69) is 34.2 Å². The summed E-state index contributed by atoms with van der Waals surface area (Å²) in [5, 5.41) is 13.1. The van der Waals surface area contributed by atoms with Crippen molar-refractivity contribution in [2.45, 2.75) is 44.6 Å². The predicted octanol–water partition coefficient (Wildman–Crippen LogP) is 5.57. The van der Waals surface area contributed by atoms with Crippen LogP contribution in [0.1, 0.15) is 52.2 Å². The van der Waals surface area contributed by atoms with E-state index in [1.165, 1.54) is 11.1 Å². The molecule has 1 aromatic heterocycles. The molecule has 9 heteroatoms. The Bertz CT molecular complexity index is 1630. The number of aliphatic hydroxyl groups excluding tert-OH is 1. The van der Waals surface area contributed by atoms with E-state index < -0.39 is 0 Å². The van der Waals surface area contributed by atoms with Gasteiger partial charge in [0.05, 0.1) is 6.61 Å². The number of piperidine rings is 1. The highest BCUT2D eigenvalue weighted by Gasteiger charge is 2.43. The number of halogens is 1. The van der Waals surface area contributed by atoms with Gasteiger partial charge in [-0.3, -0.25) is 4.79 Å². The molecule has 0 bridgehead atoms. The Labute approximate surface area is 251 Å². The molecular formula is C33H35ClN4O4. The standard InChI is InChI=1S/C33H34N4O4.ClH/c1-21-16-25(31-34-30(19-38)41-35-31)9-10-26(21)22-5-7-23(8-6-22)32(39)37-13-3-4-24-17-29-27(18-28(24)37)33(20-40-29)11-14-36(2)15-12-33;/h5-10,16-18,38H,3-4,11-15,19-20H2,1-2H3;1H. The van der Waals surface area contributed by atoms with Gasteiger partial charge in [-0.2, -0.15) is 4.98 Å². The molecule has 7 rings (SSSR count). The summed E-state index contributed by atoms with van der Waals surface area (Å²) in [6, 6.07) is 18.3. The van der Waals surface area contributed by atoms with E-state index >= 15 is 0 Å². The normalized spacial score (nSPS) is 17.4. The Balaban J connectivity index is 0.00000316. The number of amides is 1. The molecule has 1 saturated heterocycles. The number of aliphatic hydroxyl groups is 1. The van der Waals surface area contributed by atoms with Crippen LogP contribution in [0, 0.1) is 6.92 Å². The van der Waals surface area contributed by atoms with Crippen LogP contribution in [0.25, 0.3) is 22.5 Å². The number of carbonyl (C=O) groups excluding carboxylic acids is 1. The highest BCUT2D eigenvalue weighted by atomic mass is 35.5. The molecule has 0 atom stereocenters. The van der Waals surface area contributed by atoms with Crippen molar-refractivity contribution in [2.24, 2.45) is 0 Å². The van der Waals surface area contributed by atoms with Gasteiger partial charge in [0.25, 0.3) is 11.8 Å². The van der Waals surface area contributed by atoms with Crippen LogP contribution in [-0.2, 0) is 18.4 Å². The van der Waals surface area contributed by atoms with Gasteiger partial charge in [-0.25, -0.2) is 0 Å². The number of rotatable bonds is 4. The summed E-state index contributed by atoms with van der Waals surface area (Å²) in [5.74, 6) is 1.70. The van der Waals surface area contributed by atoms with Crippen molar-refractivity contribution in [3.8, 4) is 28.3 Å². The first kappa shape index (κ1) is 28.4. The smallest absolute Gasteiger partial charge is 0.258 e. The van der Waals surface area contributed by atoms with Crippen LogP contribution in [0.15, 0.2) is 59.1 Å². The molecule has 8 nitrogen and oxygen atoms in total. The molecule has 0 aliphatic carbocycles. The maximum atomic E-state index is 13.9. The quantitative estimate of drug-likeness (QED) is 0.334. The summed E-state index contributed by atoms with van der Waals surface area (Å²) in [6.07, 6.45) is 4.08. The zero-order chi connectivity index (χ0) is 28.1. The SMILES string of the molecule is Cc1cc(-c2noc(CO)n2)ccc1-c1ccc(C(=O)N2CCCc3cc4c(cc32)C2(CCN(C)CC2)CO4)cc1.Cl. The van der Waals surface area contributed by atoms with Gasteiger partial charge in [0.2, 0.25) is 5.82 Å². The molecule has 0 saturated carbocycles. The maximum Gasteiger partial charge on any atom is 0.258 e. The van der Waals surface area contributed by atoms with Crippen LogP contribution in [0.2, 0.25) is 0 Å². The number of fused-ring (bicyclic) bond motifs is 3. The van der Waals surface area contributed by atoms with Gasteiger partial charge >= 0.3 is 0 Å². The van der Waals surface area contributed by atoms with Gasteiger partial charge in [-0.05, 0) is 105 Å². The Morgan fingerprint density at radius 1 is 1.02 bits per heavy atom. The Morgan fingerprint density at radius 3 is 2.50 bits per heavy atom. The summed E-state index contributed by atoms with van der Waals surface area (Å²) in [7, 11) is 2.18. The highest BCUT2D eigenvalue weighted by molar-refractivity contribution is 6.07. The third kappa shape index (κ3) is 4.87. The Morgan fingerprint density at radius 2 is 1.79 bits per heavy atom. The third-order valence-corrected chi connectivity index (χ3v) is 9.09. The molecule has 3 aliphatic rings. The number of likely N-dealkylation sites (tertiary alicyclic amines) is 1. The number of hydrogen-bond donors (Lipinski definition) is 1. The average molecular weight is 587 g/mol. The maximum absolute atomic E-state index is 13.9. The number of ether oxygens (including phenoxy) is 1. The van der Waals surface area contributed by atoms with Crippen LogP contribution >= 0.6 is 12.4 Å². The molecule has 1 N–H and O–H groups in total. The monoisotopic (exact) mass is 586 g/mol. The first-order valence-electron chi connectivity index (χ1n) is 14.4. The number of carbonyl (C=O) groups is 1. The first-order chi connectivity index (χ1) is 19.9. The minimum absolute atomic E-state index is 0. The molecule has 42 heavy (non-hydrogen) atoms. The summed E-state index contributed by atoms with van der Waals surface area (Å²) in [4.78, 5) is 22.4. The van der Waals surface area contributed by atoms with Crippen LogP contribution in [0.4, 0.5) is 5.69 Å². The zero-order valence-corrected chi connectivity index (χ0v) is 24.7. The van der Waals surface area contributed by atoms with E-state index in [0.717, 1.165) is 85.6 Å². The average Bonchev–Trinajstić information content (AvgIpc) is 3.62. The van der Waals surface area contributed by atoms with Gasteiger partial charge in [0, 0.05) is 34.3 Å². The van der Waals surface area contributed by atoms with Crippen molar-refractivity contribution in [3.05, 3.63) is 82.7 Å². The van der Waals surface area contributed by atoms with Crippen LogP contribution < -0.4 is 9.64 Å². The summed E-state index contributed by atoms with van der Waals surface area (Å²) >= 11 is 0. The van der Waals surface area contributed by atoms with Crippen LogP contribution in [-0.4, -0.2) is 59.3 Å². The second kappa shape index (κ2) is 11.2. The van der Waals surface area contributed by atoms with Crippen LogP contribution in [0.5, 0.6) is 5.75 Å².